The number of likely N-dealkylation sites (tertiary alicyclic amines) is 1. The molecule has 0 amide bonds. The lowest BCUT2D eigenvalue weighted by Gasteiger charge is -2.39. The summed E-state index contributed by atoms with van der Waals surface area (Å²) in [5.41, 5.74) is 0.323. The summed E-state index contributed by atoms with van der Waals surface area (Å²) in [6, 6.07) is 0. The topological polar surface area (TPSA) is 33.7 Å². The van der Waals surface area contributed by atoms with Crippen LogP contribution < -0.4 is 5.32 Å². The molecule has 0 spiro atoms. The van der Waals surface area contributed by atoms with Gasteiger partial charge in [0.05, 0.1) is 12.7 Å². The third-order valence-electron chi connectivity index (χ3n) is 4.54. The van der Waals surface area contributed by atoms with Crippen molar-refractivity contribution >= 4 is 0 Å². The van der Waals surface area contributed by atoms with Crippen molar-refractivity contribution in [3.05, 3.63) is 0 Å². The number of ether oxygens (including phenoxy) is 2. The largest absolute Gasteiger partial charge is 0.381 e. The van der Waals surface area contributed by atoms with Crippen molar-refractivity contribution in [2.24, 2.45) is 5.41 Å². The van der Waals surface area contributed by atoms with E-state index in [1.54, 1.807) is 0 Å². The normalized spacial score (nSPS) is 31.8. The fraction of sp³-hybridized carbons (Fsp3) is 1.00. The van der Waals surface area contributed by atoms with Gasteiger partial charge >= 0.3 is 0 Å². The molecule has 2 unspecified atom stereocenters. The van der Waals surface area contributed by atoms with Gasteiger partial charge in [0, 0.05) is 38.3 Å². The standard InChI is InChI=1S/C16H32N2O2/c1-3-8-17-12-16(7-10-19-14-16)13-18-9-5-6-15(11-18)20-4-2/h15,17H,3-14H2,1-2H3. The fourth-order valence-corrected chi connectivity index (χ4v) is 3.50. The van der Waals surface area contributed by atoms with E-state index in [4.69, 9.17) is 9.47 Å². The highest BCUT2D eigenvalue weighted by Gasteiger charge is 2.37. The van der Waals surface area contributed by atoms with E-state index in [0.29, 0.717) is 11.5 Å². The first kappa shape index (κ1) is 16.2. The molecule has 2 rings (SSSR count). The fourth-order valence-electron chi connectivity index (χ4n) is 3.50. The van der Waals surface area contributed by atoms with Crippen molar-refractivity contribution < 1.29 is 9.47 Å². The number of hydrogen-bond acceptors (Lipinski definition) is 4. The molecule has 0 aromatic rings. The van der Waals surface area contributed by atoms with Crippen molar-refractivity contribution in [3.8, 4) is 0 Å². The van der Waals surface area contributed by atoms with Crippen LogP contribution in [0.3, 0.4) is 0 Å². The Morgan fingerprint density at radius 2 is 2.30 bits per heavy atom. The van der Waals surface area contributed by atoms with Crippen LogP contribution in [0.4, 0.5) is 0 Å². The lowest BCUT2D eigenvalue weighted by atomic mass is 9.85. The Morgan fingerprint density at radius 3 is 3.00 bits per heavy atom. The van der Waals surface area contributed by atoms with Crippen LogP contribution >= 0.6 is 0 Å². The van der Waals surface area contributed by atoms with Crippen LogP contribution in [0, 0.1) is 5.41 Å². The lowest BCUT2D eigenvalue weighted by Crippen LogP contribution is -2.49. The second-order valence-corrected chi connectivity index (χ2v) is 6.43. The Balaban J connectivity index is 1.83. The van der Waals surface area contributed by atoms with Gasteiger partial charge in [-0.3, -0.25) is 0 Å². The molecule has 0 aliphatic carbocycles. The lowest BCUT2D eigenvalue weighted by molar-refractivity contribution is -0.00814. The van der Waals surface area contributed by atoms with Crippen molar-refractivity contribution in [3.63, 3.8) is 0 Å². The second kappa shape index (κ2) is 8.32. The molecule has 20 heavy (non-hydrogen) atoms. The number of hydrogen-bond donors (Lipinski definition) is 1. The van der Waals surface area contributed by atoms with Gasteiger partial charge in [-0.2, -0.15) is 0 Å². The molecule has 2 aliphatic heterocycles. The summed E-state index contributed by atoms with van der Waals surface area (Å²) in [6.07, 6.45) is 5.33. The molecular formula is C16H32N2O2. The van der Waals surface area contributed by atoms with Gasteiger partial charge in [0.2, 0.25) is 0 Å². The maximum absolute atomic E-state index is 5.82. The molecule has 118 valence electrons. The predicted octanol–water partition coefficient (Wildman–Crippen LogP) is 1.89. The first-order valence-corrected chi connectivity index (χ1v) is 8.40. The summed E-state index contributed by atoms with van der Waals surface area (Å²) in [5, 5.41) is 3.61. The number of nitrogens with one attached hydrogen (secondary N) is 1. The highest BCUT2D eigenvalue weighted by Crippen LogP contribution is 2.30. The van der Waals surface area contributed by atoms with E-state index < -0.39 is 0 Å². The molecule has 2 heterocycles. The average Bonchev–Trinajstić information content (AvgIpc) is 2.89. The van der Waals surface area contributed by atoms with Gasteiger partial charge in [-0.1, -0.05) is 6.92 Å². The van der Waals surface area contributed by atoms with Crippen LogP contribution in [0.2, 0.25) is 0 Å². The van der Waals surface area contributed by atoms with E-state index in [0.717, 1.165) is 46.0 Å². The van der Waals surface area contributed by atoms with E-state index in [1.807, 2.05) is 0 Å². The van der Waals surface area contributed by atoms with E-state index >= 15 is 0 Å². The van der Waals surface area contributed by atoms with Crippen molar-refractivity contribution in [1.82, 2.24) is 10.2 Å². The quantitative estimate of drug-likeness (QED) is 0.690. The molecule has 2 aliphatic rings. The Morgan fingerprint density at radius 1 is 1.40 bits per heavy atom. The molecule has 2 fully saturated rings. The summed E-state index contributed by atoms with van der Waals surface area (Å²) in [4.78, 5) is 2.60. The molecule has 0 aromatic carbocycles. The third-order valence-corrected chi connectivity index (χ3v) is 4.54. The highest BCUT2D eigenvalue weighted by molar-refractivity contribution is 4.90. The molecule has 4 heteroatoms. The SMILES string of the molecule is CCCNCC1(CN2CCCC(OCC)C2)CCOC1. The van der Waals surface area contributed by atoms with Crippen LogP contribution in [0.5, 0.6) is 0 Å². The van der Waals surface area contributed by atoms with Crippen LogP contribution in [0.25, 0.3) is 0 Å². The van der Waals surface area contributed by atoms with E-state index in [-0.39, 0.29) is 0 Å². The van der Waals surface area contributed by atoms with Crippen molar-refractivity contribution in [1.29, 1.82) is 0 Å². The molecule has 0 aromatic heterocycles. The van der Waals surface area contributed by atoms with Gasteiger partial charge < -0.3 is 19.7 Å². The minimum Gasteiger partial charge on any atom is -0.381 e. The molecule has 2 atom stereocenters. The molecule has 0 radical (unpaired) electrons. The summed E-state index contributed by atoms with van der Waals surface area (Å²) in [6.45, 7) is 12.7. The van der Waals surface area contributed by atoms with Gasteiger partial charge in [0.15, 0.2) is 0 Å². The number of piperidine rings is 1. The van der Waals surface area contributed by atoms with E-state index in [9.17, 15) is 0 Å². The Bertz CT molecular complexity index is 265. The first-order valence-electron chi connectivity index (χ1n) is 8.40. The summed E-state index contributed by atoms with van der Waals surface area (Å²) in [7, 11) is 0. The Hall–Kier alpha value is -0.160. The monoisotopic (exact) mass is 284 g/mol. The smallest absolute Gasteiger partial charge is 0.0702 e. The first-order chi connectivity index (χ1) is 9.78. The van der Waals surface area contributed by atoms with Crippen molar-refractivity contribution in [2.45, 2.75) is 45.6 Å². The minimum absolute atomic E-state index is 0.323. The van der Waals surface area contributed by atoms with Crippen LogP contribution in [-0.2, 0) is 9.47 Å². The van der Waals surface area contributed by atoms with Crippen LogP contribution in [0.1, 0.15) is 39.5 Å². The molecule has 1 N–H and O–H groups in total. The number of rotatable bonds is 8. The summed E-state index contributed by atoms with van der Waals surface area (Å²) >= 11 is 0. The molecule has 0 bridgehead atoms. The maximum Gasteiger partial charge on any atom is 0.0702 e. The molecule has 2 saturated heterocycles. The zero-order valence-corrected chi connectivity index (χ0v) is 13.3. The number of nitrogens with zero attached hydrogens (tertiary/aromatic N) is 1. The van der Waals surface area contributed by atoms with Gasteiger partial charge in [-0.25, -0.2) is 0 Å². The van der Waals surface area contributed by atoms with Gasteiger partial charge in [-0.15, -0.1) is 0 Å². The molecule has 0 saturated carbocycles. The Kier molecular flexibility index (Phi) is 6.75. The maximum atomic E-state index is 5.82. The molecular weight excluding hydrogens is 252 g/mol. The Labute approximate surface area is 124 Å². The van der Waals surface area contributed by atoms with E-state index in [1.165, 1.54) is 32.2 Å². The predicted molar refractivity (Wildman–Crippen MR) is 82.1 cm³/mol. The second-order valence-electron chi connectivity index (χ2n) is 6.43. The van der Waals surface area contributed by atoms with Gasteiger partial charge in [0.1, 0.15) is 0 Å². The zero-order valence-electron chi connectivity index (χ0n) is 13.3. The highest BCUT2D eigenvalue weighted by atomic mass is 16.5. The van der Waals surface area contributed by atoms with Crippen molar-refractivity contribution in [2.75, 3.05) is 52.5 Å². The van der Waals surface area contributed by atoms with Crippen LogP contribution in [-0.4, -0.2) is 63.5 Å². The van der Waals surface area contributed by atoms with Gasteiger partial charge in [-0.05, 0) is 45.7 Å². The van der Waals surface area contributed by atoms with Crippen LogP contribution in [0.15, 0.2) is 0 Å². The van der Waals surface area contributed by atoms with E-state index in [2.05, 4.69) is 24.1 Å². The zero-order chi connectivity index (χ0) is 14.3. The summed E-state index contributed by atoms with van der Waals surface area (Å²) < 4.78 is 11.5. The molecule has 4 nitrogen and oxygen atoms in total. The summed E-state index contributed by atoms with van der Waals surface area (Å²) in [5.74, 6) is 0. The minimum atomic E-state index is 0.323. The average molecular weight is 284 g/mol. The van der Waals surface area contributed by atoms with Gasteiger partial charge in [0.25, 0.3) is 0 Å². The third kappa shape index (κ3) is 4.69.